The van der Waals surface area contributed by atoms with Crippen LogP contribution in [0.25, 0.3) is 0 Å². The number of nitrogens with zero attached hydrogens (tertiary/aromatic N) is 1. The topological polar surface area (TPSA) is 58.6 Å². The number of hydrogen-bond donors (Lipinski definition) is 1. The maximum absolute atomic E-state index is 12.1. The smallest absolute Gasteiger partial charge is 0.214 e. The van der Waals surface area contributed by atoms with Crippen LogP contribution in [0.3, 0.4) is 0 Å². The van der Waals surface area contributed by atoms with Crippen LogP contribution in [0.2, 0.25) is 0 Å². The highest BCUT2D eigenvalue weighted by Crippen LogP contribution is 2.14. The third kappa shape index (κ3) is 4.91. The van der Waals surface area contributed by atoms with Crippen molar-refractivity contribution in [2.24, 2.45) is 0 Å². The number of sulfonamides is 1. The van der Waals surface area contributed by atoms with Crippen molar-refractivity contribution in [1.29, 1.82) is 0 Å². The van der Waals surface area contributed by atoms with Crippen LogP contribution in [-0.4, -0.2) is 57.9 Å². The molecule has 0 amide bonds. The molecule has 17 heavy (non-hydrogen) atoms. The fourth-order valence-corrected chi connectivity index (χ4v) is 3.72. The van der Waals surface area contributed by atoms with Crippen molar-refractivity contribution in [2.45, 2.75) is 32.2 Å². The SMILES string of the molecule is CCNC1CCCN(S(=O)(=O)CCCOC)C1. The van der Waals surface area contributed by atoms with E-state index in [0.717, 1.165) is 19.4 Å². The number of likely N-dealkylation sites (N-methyl/N-ethyl adjacent to an activating group) is 1. The third-order valence-corrected chi connectivity index (χ3v) is 4.94. The quantitative estimate of drug-likeness (QED) is 0.677. The van der Waals surface area contributed by atoms with Crippen LogP contribution in [0.5, 0.6) is 0 Å². The molecule has 1 aliphatic heterocycles. The Kier molecular flexibility index (Phi) is 6.40. The van der Waals surface area contributed by atoms with Crippen LogP contribution < -0.4 is 5.32 Å². The highest BCUT2D eigenvalue weighted by atomic mass is 32.2. The van der Waals surface area contributed by atoms with Gasteiger partial charge in [-0.1, -0.05) is 6.92 Å². The molecule has 0 aromatic rings. The second kappa shape index (κ2) is 7.31. The van der Waals surface area contributed by atoms with Crippen LogP contribution in [0.1, 0.15) is 26.2 Å². The second-order valence-corrected chi connectivity index (χ2v) is 6.51. The van der Waals surface area contributed by atoms with Gasteiger partial charge in [-0.25, -0.2) is 12.7 Å². The zero-order valence-electron chi connectivity index (χ0n) is 10.8. The Morgan fingerprint density at radius 3 is 2.88 bits per heavy atom. The van der Waals surface area contributed by atoms with E-state index in [9.17, 15) is 8.42 Å². The molecule has 0 radical (unpaired) electrons. The zero-order valence-corrected chi connectivity index (χ0v) is 11.6. The lowest BCUT2D eigenvalue weighted by molar-refractivity contribution is 0.198. The molecule has 1 fully saturated rings. The lowest BCUT2D eigenvalue weighted by atomic mass is 10.1. The molecule has 0 aromatic heterocycles. The average molecular weight is 264 g/mol. The second-order valence-electron chi connectivity index (χ2n) is 4.42. The molecule has 1 atom stereocenters. The van der Waals surface area contributed by atoms with Gasteiger partial charge >= 0.3 is 0 Å². The molecular formula is C11H24N2O3S. The zero-order chi connectivity index (χ0) is 12.7. The van der Waals surface area contributed by atoms with Gasteiger partial charge in [0.25, 0.3) is 0 Å². The van der Waals surface area contributed by atoms with E-state index in [1.165, 1.54) is 0 Å². The molecule has 0 aliphatic carbocycles. The van der Waals surface area contributed by atoms with Crippen LogP contribution in [0.4, 0.5) is 0 Å². The predicted octanol–water partition coefficient (Wildman–Crippen LogP) is 0.427. The minimum absolute atomic E-state index is 0.194. The van der Waals surface area contributed by atoms with Crippen molar-refractivity contribution < 1.29 is 13.2 Å². The molecule has 1 heterocycles. The Bertz CT molecular complexity index is 304. The highest BCUT2D eigenvalue weighted by molar-refractivity contribution is 7.89. The van der Waals surface area contributed by atoms with Crippen molar-refractivity contribution in [3.8, 4) is 0 Å². The molecule has 1 saturated heterocycles. The highest BCUT2D eigenvalue weighted by Gasteiger charge is 2.27. The number of nitrogens with one attached hydrogen (secondary N) is 1. The van der Waals surface area contributed by atoms with Crippen molar-refractivity contribution in [3.05, 3.63) is 0 Å². The number of rotatable bonds is 7. The van der Waals surface area contributed by atoms with Crippen molar-refractivity contribution in [3.63, 3.8) is 0 Å². The summed E-state index contributed by atoms with van der Waals surface area (Å²) in [5, 5.41) is 3.32. The Morgan fingerprint density at radius 1 is 1.47 bits per heavy atom. The monoisotopic (exact) mass is 264 g/mol. The van der Waals surface area contributed by atoms with E-state index < -0.39 is 10.0 Å². The molecule has 0 saturated carbocycles. The van der Waals surface area contributed by atoms with Crippen LogP contribution in [0, 0.1) is 0 Å². The molecule has 102 valence electrons. The largest absolute Gasteiger partial charge is 0.385 e. The Morgan fingerprint density at radius 2 is 2.24 bits per heavy atom. The normalized spacial score (nSPS) is 22.8. The number of piperidine rings is 1. The lowest BCUT2D eigenvalue weighted by Gasteiger charge is -2.32. The summed E-state index contributed by atoms with van der Waals surface area (Å²) in [7, 11) is -1.50. The standard InChI is InChI=1S/C11H24N2O3S/c1-3-12-11-6-4-7-13(10-11)17(14,15)9-5-8-16-2/h11-12H,3-10H2,1-2H3. The molecule has 6 heteroatoms. The minimum atomic E-state index is -3.09. The summed E-state index contributed by atoms with van der Waals surface area (Å²) < 4.78 is 30.6. The van der Waals surface area contributed by atoms with Gasteiger partial charge in [0.05, 0.1) is 5.75 Å². The van der Waals surface area contributed by atoms with Crippen LogP contribution in [-0.2, 0) is 14.8 Å². The van der Waals surface area contributed by atoms with Gasteiger partial charge in [-0.2, -0.15) is 0 Å². The lowest BCUT2D eigenvalue weighted by Crippen LogP contribution is -2.48. The Balaban J connectivity index is 2.46. The van der Waals surface area contributed by atoms with Gasteiger partial charge in [-0.05, 0) is 25.8 Å². The van der Waals surface area contributed by atoms with E-state index in [-0.39, 0.29) is 5.75 Å². The van der Waals surface area contributed by atoms with E-state index in [4.69, 9.17) is 4.74 Å². The summed E-state index contributed by atoms with van der Waals surface area (Å²) in [4.78, 5) is 0. The molecule has 1 rings (SSSR count). The fraction of sp³-hybridized carbons (Fsp3) is 1.00. The molecular weight excluding hydrogens is 240 g/mol. The van der Waals surface area contributed by atoms with Gasteiger partial charge in [0.2, 0.25) is 10.0 Å². The van der Waals surface area contributed by atoms with E-state index in [0.29, 0.717) is 32.2 Å². The molecule has 1 N–H and O–H groups in total. The maximum Gasteiger partial charge on any atom is 0.214 e. The maximum atomic E-state index is 12.1. The molecule has 1 unspecified atom stereocenters. The van der Waals surface area contributed by atoms with Gasteiger partial charge in [0, 0.05) is 32.8 Å². The number of methoxy groups -OCH3 is 1. The molecule has 1 aliphatic rings. The third-order valence-electron chi connectivity index (χ3n) is 3.02. The number of ether oxygens (including phenoxy) is 1. The molecule has 0 aromatic carbocycles. The first-order chi connectivity index (χ1) is 8.10. The van der Waals surface area contributed by atoms with E-state index in [1.54, 1.807) is 11.4 Å². The predicted molar refractivity (Wildman–Crippen MR) is 68.6 cm³/mol. The average Bonchev–Trinajstić information content (AvgIpc) is 2.30. The Hall–Kier alpha value is -0.170. The van der Waals surface area contributed by atoms with Gasteiger partial charge in [0.1, 0.15) is 0 Å². The summed E-state index contributed by atoms with van der Waals surface area (Å²) in [5.74, 6) is 0.194. The summed E-state index contributed by atoms with van der Waals surface area (Å²) in [6, 6.07) is 0.311. The van der Waals surface area contributed by atoms with Gasteiger partial charge in [-0.15, -0.1) is 0 Å². The van der Waals surface area contributed by atoms with E-state index in [2.05, 4.69) is 5.32 Å². The first kappa shape index (κ1) is 14.9. The summed E-state index contributed by atoms with van der Waals surface area (Å²) in [5.41, 5.74) is 0. The minimum Gasteiger partial charge on any atom is -0.385 e. The molecule has 0 bridgehead atoms. The van der Waals surface area contributed by atoms with Crippen molar-refractivity contribution >= 4 is 10.0 Å². The van der Waals surface area contributed by atoms with E-state index in [1.807, 2.05) is 6.92 Å². The van der Waals surface area contributed by atoms with E-state index >= 15 is 0 Å². The summed E-state index contributed by atoms with van der Waals surface area (Å²) in [6.07, 6.45) is 2.58. The van der Waals surface area contributed by atoms with Crippen molar-refractivity contribution in [2.75, 3.05) is 39.1 Å². The fourth-order valence-electron chi connectivity index (χ4n) is 2.17. The number of hydrogen-bond acceptors (Lipinski definition) is 4. The van der Waals surface area contributed by atoms with Gasteiger partial charge < -0.3 is 10.1 Å². The van der Waals surface area contributed by atoms with Gasteiger partial charge in [-0.3, -0.25) is 0 Å². The van der Waals surface area contributed by atoms with Gasteiger partial charge in [0.15, 0.2) is 0 Å². The molecule has 0 spiro atoms. The molecule has 5 nitrogen and oxygen atoms in total. The first-order valence-electron chi connectivity index (χ1n) is 6.30. The summed E-state index contributed by atoms with van der Waals surface area (Å²) >= 11 is 0. The summed E-state index contributed by atoms with van der Waals surface area (Å²) in [6.45, 7) is 4.72. The first-order valence-corrected chi connectivity index (χ1v) is 7.91. The van der Waals surface area contributed by atoms with Crippen molar-refractivity contribution in [1.82, 2.24) is 9.62 Å². The van der Waals surface area contributed by atoms with Crippen LogP contribution in [0.15, 0.2) is 0 Å². The Labute approximate surface area is 105 Å². The van der Waals surface area contributed by atoms with Crippen LogP contribution >= 0.6 is 0 Å².